The standard InChI is InChI=1S/C18H20ClN7O/c1-10(23-18-22-9-21-17(20)25-18)14-7-11-6-12(19)2-3-15(11)24-16(14)26-5-4-13(27)8-26/h2-3,6-7,9-10,13,27H,4-5,8H2,1H3,(H3,20,21,22,23,25)/t10-,13+/m0/s1. The molecule has 3 aromatic rings. The first kappa shape index (κ1) is 17.7. The summed E-state index contributed by atoms with van der Waals surface area (Å²) < 4.78 is 0. The van der Waals surface area contributed by atoms with Gasteiger partial charge in [0, 0.05) is 29.1 Å². The molecule has 0 bridgehead atoms. The first-order valence-corrected chi connectivity index (χ1v) is 9.11. The van der Waals surface area contributed by atoms with Crippen LogP contribution in [0, 0.1) is 0 Å². The van der Waals surface area contributed by atoms with Gasteiger partial charge in [-0.25, -0.2) is 15.0 Å². The maximum Gasteiger partial charge on any atom is 0.227 e. The molecule has 0 aliphatic carbocycles. The number of nitrogens with two attached hydrogens (primary N) is 1. The summed E-state index contributed by atoms with van der Waals surface area (Å²) in [6, 6.07) is 7.55. The zero-order chi connectivity index (χ0) is 19.0. The SMILES string of the molecule is C[C@H](Nc1ncnc(N)n1)c1cc2cc(Cl)ccc2nc1N1CC[C@@H](O)C1. The fraction of sp³-hybridized carbons (Fsp3) is 0.333. The summed E-state index contributed by atoms with van der Waals surface area (Å²) in [6.07, 6.45) is 1.76. The number of nitrogen functional groups attached to an aromatic ring is 1. The predicted molar refractivity (Wildman–Crippen MR) is 106 cm³/mol. The largest absolute Gasteiger partial charge is 0.391 e. The fourth-order valence-corrected chi connectivity index (χ4v) is 3.49. The first-order chi connectivity index (χ1) is 13.0. The highest BCUT2D eigenvalue weighted by molar-refractivity contribution is 6.31. The van der Waals surface area contributed by atoms with Crippen LogP contribution in [0.5, 0.6) is 0 Å². The monoisotopic (exact) mass is 385 g/mol. The molecule has 0 unspecified atom stereocenters. The molecule has 1 aromatic carbocycles. The van der Waals surface area contributed by atoms with Crippen LogP contribution in [-0.4, -0.2) is 44.2 Å². The molecule has 1 aliphatic rings. The number of aliphatic hydroxyl groups is 1. The number of aromatic nitrogens is 4. The molecule has 0 radical (unpaired) electrons. The number of pyridine rings is 1. The van der Waals surface area contributed by atoms with Crippen molar-refractivity contribution in [3.05, 3.63) is 41.2 Å². The Morgan fingerprint density at radius 3 is 2.89 bits per heavy atom. The van der Waals surface area contributed by atoms with Crippen molar-refractivity contribution in [1.29, 1.82) is 0 Å². The van der Waals surface area contributed by atoms with Crippen molar-refractivity contribution >= 4 is 40.2 Å². The second-order valence-corrected chi connectivity index (χ2v) is 7.10. The van der Waals surface area contributed by atoms with Gasteiger partial charge in [-0.2, -0.15) is 4.98 Å². The van der Waals surface area contributed by atoms with Gasteiger partial charge < -0.3 is 21.1 Å². The molecule has 27 heavy (non-hydrogen) atoms. The summed E-state index contributed by atoms with van der Waals surface area (Å²) in [4.78, 5) is 19.0. The molecular weight excluding hydrogens is 366 g/mol. The van der Waals surface area contributed by atoms with E-state index in [2.05, 4.69) is 31.2 Å². The maximum atomic E-state index is 9.96. The summed E-state index contributed by atoms with van der Waals surface area (Å²) in [5.41, 5.74) is 7.47. The second-order valence-electron chi connectivity index (χ2n) is 6.66. The van der Waals surface area contributed by atoms with Gasteiger partial charge in [0.25, 0.3) is 0 Å². The molecule has 2 atom stereocenters. The molecule has 9 heteroatoms. The van der Waals surface area contributed by atoms with Crippen molar-refractivity contribution in [2.75, 3.05) is 29.0 Å². The van der Waals surface area contributed by atoms with E-state index in [9.17, 15) is 5.11 Å². The van der Waals surface area contributed by atoms with E-state index >= 15 is 0 Å². The number of halogens is 1. The van der Waals surface area contributed by atoms with E-state index in [1.54, 1.807) is 0 Å². The van der Waals surface area contributed by atoms with Crippen LogP contribution in [0.3, 0.4) is 0 Å². The Kier molecular flexibility index (Phi) is 4.67. The number of anilines is 3. The number of β-amino-alcohol motifs (C(OH)–C–C–N with tert-alkyl or cyclic N) is 1. The molecule has 140 valence electrons. The van der Waals surface area contributed by atoms with Crippen molar-refractivity contribution in [2.24, 2.45) is 0 Å². The van der Waals surface area contributed by atoms with Gasteiger partial charge in [-0.3, -0.25) is 0 Å². The lowest BCUT2D eigenvalue weighted by molar-refractivity contribution is 0.198. The van der Waals surface area contributed by atoms with Crippen molar-refractivity contribution < 1.29 is 5.11 Å². The van der Waals surface area contributed by atoms with Gasteiger partial charge in [0.05, 0.1) is 17.7 Å². The number of hydrogen-bond acceptors (Lipinski definition) is 8. The fourth-order valence-electron chi connectivity index (χ4n) is 3.31. The molecule has 0 amide bonds. The Morgan fingerprint density at radius 1 is 1.30 bits per heavy atom. The Labute approximate surface area is 161 Å². The van der Waals surface area contributed by atoms with E-state index in [0.717, 1.165) is 35.2 Å². The molecule has 8 nitrogen and oxygen atoms in total. The van der Waals surface area contributed by atoms with E-state index < -0.39 is 0 Å². The van der Waals surface area contributed by atoms with Crippen LogP contribution in [0.2, 0.25) is 5.02 Å². The summed E-state index contributed by atoms with van der Waals surface area (Å²) in [5, 5.41) is 14.8. The number of rotatable bonds is 4. The van der Waals surface area contributed by atoms with E-state index in [0.29, 0.717) is 17.5 Å². The van der Waals surface area contributed by atoms with E-state index in [1.165, 1.54) is 6.33 Å². The van der Waals surface area contributed by atoms with Crippen LogP contribution in [0.1, 0.15) is 24.9 Å². The van der Waals surface area contributed by atoms with Crippen LogP contribution < -0.4 is 16.0 Å². The van der Waals surface area contributed by atoms with Crippen LogP contribution in [0.25, 0.3) is 10.9 Å². The van der Waals surface area contributed by atoms with Crippen LogP contribution in [0.15, 0.2) is 30.6 Å². The Morgan fingerprint density at radius 2 is 2.15 bits per heavy atom. The van der Waals surface area contributed by atoms with Gasteiger partial charge in [0.15, 0.2) is 0 Å². The first-order valence-electron chi connectivity index (χ1n) is 8.74. The van der Waals surface area contributed by atoms with Crippen molar-refractivity contribution in [3.8, 4) is 0 Å². The third-order valence-corrected chi connectivity index (χ3v) is 4.89. The van der Waals surface area contributed by atoms with Gasteiger partial charge in [-0.1, -0.05) is 11.6 Å². The van der Waals surface area contributed by atoms with Gasteiger partial charge in [0.2, 0.25) is 11.9 Å². The van der Waals surface area contributed by atoms with Gasteiger partial charge >= 0.3 is 0 Å². The van der Waals surface area contributed by atoms with E-state index in [1.807, 2.05) is 25.1 Å². The lowest BCUT2D eigenvalue weighted by atomic mass is 10.1. The highest BCUT2D eigenvalue weighted by Crippen LogP contribution is 2.32. The lowest BCUT2D eigenvalue weighted by Crippen LogP contribution is -2.25. The van der Waals surface area contributed by atoms with Crippen molar-refractivity contribution in [2.45, 2.75) is 25.5 Å². The van der Waals surface area contributed by atoms with E-state index in [4.69, 9.17) is 22.3 Å². The summed E-state index contributed by atoms with van der Waals surface area (Å²) in [5.74, 6) is 1.39. The summed E-state index contributed by atoms with van der Waals surface area (Å²) >= 11 is 6.16. The lowest BCUT2D eigenvalue weighted by Gasteiger charge is -2.24. The molecule has 1 saturated heterocycles. The van der Waals surface area contributed by atoms with Crippen LogP contribution >= 0.6 is 11.6 Å². The quantitative estimate of drug-likeness (QED) is 0.627. The zero-order valence-corrected chi connectivity index (χ0v) is 15.6. The number of nitrogens with one attached hydrogen (secondary N) is 1. The van der Waals surface area contributed by atoms with E-state index in [-0.39, 0.29) is 18.1 Å². The Hall–Kier alpha value is -2.71. The topological polar surface area (TPSA) is 113 Å². The maximum absolute atomic E-state index is 9.96. The van der Waals surface area contributed by atoms with Crippen molar-refractivity contribution in [1.82, 2.24) is 19.9 Å². The number of benzene rings is 1. The minimum atomic E-state index is -0.341. The third kappa shape index (κ3) is 3.72. The number of nitrogens with zero attached hydrogens (tertiary/aromatic N) is 5. The average molecular weight is 386 g/mol. The van der Waals surface area contributed by atoms with Crippen LogP contribution in [0.4, 0.5) is 17.7 Å². The average Bonchev–Trinajstić information content (AvgIpc) is 3.07. The molecule has 0 saturated carbocycles. The number of fused-ring (bicyclic) bond motifs is 1. The molecule has 4 rings (SSSR count). The van der Waals surface area contributed by atoms with Gasteiger partial charge in [-0.05, 0) is 37.6 Å². The molecule has 0 spiro atoms. The third-order valence-electron chi connectivity index (χ3n) is 4.65. The normalized spacial score (nSPS) is 18.0. The molecule has 2 aromatic heterocycles. The highest BCUT2D eigenvalue weighted by Gasteiger charge is 2.26. The minimum absolute atomic E-state index is 0.143. The van der Waals surface area contributed by atoms with Crippen LogP contribution in [-0.2, 0) is 0 Å². The molecule has 4 N–H and O–H groups in total. The van der Waals surface area contributed by atoms with Gasteiger partial charge in [0.1, 0.15) is 12.1 Å². The predicted octanol–water partition coefficient (Wildman–Crippen LogP) is 2.40. The Bertz CT molecular complexity index is 983. The summed E-state index contributed by atoms with van der Waals surface area (Å²) in [6.45, 7) is 3.32. The molecule has 1 aliphatic heterocycles. The molecular formula is C18H20ClN7O. The smallest absolute Gasteiger partial charge is 0.227 e. The minimum Gasteiger partial charge on any atom is -0.391 e. The van der Waals surface area contributed by atoms with Gasteiger partial charge in [-0.15, -0.1) is 0 Å². The number of hydrogen-bond donors (Lipinski definition) is 3. The highest BCUT2D eigenvalue weighted by atomic mass is 35.5. The van der Waals surface area contributed by atoms with Crippen molar-refractivity contribution in [3.63, 3.8) is 0 Å². The molecule has 1 fully saturated rings. The zero-order valence-electron chi connectivity index (χ0n) is 14.8. The molecule has 3 heterocycles. The second kappa shape index (κ2) is 7.13. The number of aliphatic hydroxyl groups excluding tert-OH is 1. The summed E-state index contributed by atoms with van der Waals surface area (Å²) in [7, 11) is 0. The Balaban J connectivity index is 1.76.